The highest BCUT2D eigenvalue weighted by Crippen LogP contribution is 2.26. The van der Waals surface area contributed by atoms with Crippen LogP contribution in [0.4, 0.5) is 0 Å². The Kier molecular flexibility index (Phi) is 4.46. The van der Waals surface area contributed by atoms with Gasteiger partial charge in [0.05, 0.1) is 5.92 Å². The van der Waals surface area contributed by atoms with Gasteiger partial charge in [-0.25, -0.2) is 0 Å². The van der Waals surface area contributed by atoms with Gasteiger partial charge in [-0.2, -0.15) is 0 Å². The fraction of sp³-hybridized carbons (Fsp3) is 0.333. The van der Waals surface area contributed by atoms with E-state index in [1.54, 1.807) is 0 Å². The maximum atomic E-state index is 12.0. The van der Waals surface area contributed by atoms with E-state index in [-0.39, 0.29) is 18.6 Å². The molecule has 1 fully saturated rings. The van der Waals surface area contributed by atoms with E-state index in [0.717, 1.165) is 17.2 Å². The third-order valence-electron chi connectivity index (χ3n) is 4.29. The monoisotopic (exact) mass is 313 g/mol. The highest BCUT2D eigenvalue weighted by molar-refractivity contribution is 5.88. The van der Waals surface area contributed by atoms with Crippen molar-refractivity contribution in [3.8, 4) is 5.75 Å². The van der Waals surface area contributed by atoms with E-state index in [4.69, 9.17) is 9.84 Å². The van der Waals surface area contributed by atoms with E-state index >= 15 is 0 Å². The minimum atomic E-state index is -0.845. The zero-order chi connectivity index (χ0) is 16.2. The Morgan fingerprint density at radius 2 is 1.91 bits per heavy atom. The number of carboxylic acids is 1. The smallest absolute Gasteiger partial charge is 0.308 e. The van der Waals surface area contributed by atoms with Crippen LogP contribution in [0.2, 0.25) is 0 Å². The van der Waals surface area contributed by atoms with Crippen molar-refractivity contribution in [1.82, 2.24) is 5.32 Å². The number of hydrogen-bond acceptors (Lipinski definition) is 3. The summed E-state index contributed by atoms with van der Waals surface area (Å²) in [4.78, 5) is 23.2. The molecule has 0 heterocycles. The summed E-state index contributed by atoms with van der Waals surface area (Å²) in [7, 11) is 0. The molecule has 1 aliphatic carbocycles. The summed E-state index contributed by atoms with van der Waals surface area (Å²) in [5.74, 6) is -0.963. The minimum absolute atomic E-state index is 0.114. The molecule has 3 rings (SSSR count). The number of hydrogen-bond donors (Lipinski definition) is 2. The summed E-state index contributed by atoms with van der Waals surface area (Å²) in [6.45, 7) is -0.114. The molecule has 1 amide bonds. The van der Waals surface area contributed by atoms with Crippen LogP contribution in [0.1, 0.15) is 19.3 Å². The Bertz CT molecular complexity index is 723. The number of carbonyl (C=O) groups excluding carboxylic acids is 1. The number of rotatable bonds is 5. The Balaban J connectivity index is 1.61. The molecule has 0 aliphatic heterocycles. The first-order valence-corrected chi connectivity index (χ1v) is 7.78. The summed E-state index contributed by atoms with van der Waals surface area (Å²) in [6, 6.07) is 13.2. The van der Waals surface area contributed by atoms with E-state index in [1.807, 2.05) is 42.5 Å². The van der Waals surface area contributed by atoms with E-state index in [9.17, 15) is 9.59 Å². The molecule has 5 nitrogen and oxygen atoms in total. The van der Waals surface area contributed by atoms with Gasteiger partial charge in [0.1, 0.15) is 5.75 Å². The number of amides is 1. The molecule has 5 heteroatoms. The molecule has 120 valence electrons. The molecule has 0 bridgehead atoms. The van der Waals surface area contributed by atoms with Crippen molar-refractivity contribution in [2.45, 2.75) is 25.3 Å². The van der Waals surface area contributed by atoms with Crippen molar-refractivity contribution >= 4 is 22.6 Å². The molecule has 2 aromatic rings. The van der Waals surface area contributed by atoms with Crippen LogP contribution >= 0.6 is 0 Å². The summed E-state index contributed by atoms with van der Waals surface area (Å²) in [6.07, 6.45) is 2.15. The summed E-state index contributed by atoms with van der Waals surface area (Å²) in [5.41, 5.74) is 0. The number of carbonyl (C=O) groups is 2. The molecule has 0 radical (unpaired) electrons. The van der Waals surface area contributed by atoms with Crippen LogP contribution in [0.3, 0.4) is 0 Å². The second-order valence-corrected chi connectivity index (χ2v) is 5.82. The van der Waals surface area contributed by atoms with E-state index in [0.29, 0.717) is 18.6 Å². The molecule has 2 atom stereocenters. The largest absolute Gasteiger partial charge is 0.483 e. The van der Waals surface area contributed by atoms with E-state index < -0.39 is 11.9 Å². The SMILES string of the molecule is O=C(COc1cccc2ccccc12)N[C@H]1CCC[C@H]1C(=O)O. The lowest BCUT2D eigenvalue weighted by Gasteiger charge is -2.18. The maximum absolute atomic E-state index is 12.0. The third kappa shape index (κ3) is 3.44. The predicted octanol–water partition coefficient (Wildman–Crippen LogP) is 2.59. The van der Waals surface area contributed by atoms with Crippen LogP contribution in [-0.4, -0.2) is 29.6 Å². The first kappa shape index (κ1) is 15.3. The molecule has 1 saturated carbocycles. The molecular formula is C18H19NO4. The van der Waals surface area contributed by atoms with Crippen molar-refractivity contribution in [3.05, 3.63) is 42.5 Å². The fourth-order valence-electron chi connectivity index (χ4n) is 3.14. The van der Waals surface area contributed by atoms with Gasteiger partial charge < -0.3 is 15.2 Å². The van der Waals surface area contributed by atoms with Crippen molar-refractivity contribution in [2.75, 3.05) is 6.61 Å². The Morgan fingerprint density at radius 3 is 2.74 bits per heavy atom. The molecule has 2 aromatic carbocycles. The number of ether oxygens (including phenoxy) is 1. The van der Waals surface area contributed by atoms with Crippen molar-refractivity contribution in [2.24, 2.45) is 5.92 Å². The molecular weight excluding hydrogens is 294 g/mol. The second-order valence-electron chi connectivity index (χ2n) is 5.82. The number of nitrogens with one attached hydrogen (secondary N) is 1. The molecule has 1 aliphatic rings. The van der Waals surface area contributed by atoms with Gasteiger partial charge in [-0.05, 0) is 24.3 Å². The standard InChI is InChI=1S/C18H19NO4/c20-17(19-15-9-4-8-14(15)18(21)22)11-23-16-10-3-6-12-5-1-2-7-13(12)16/h1-3,5-7,10,14-15H,4,8-9,11H2,(H,19,20)(H,21,22)/t14-,15+/m1/s1. The highest BCUT2D eigenvalue weighted by Gasteiger charge is 2.33. The van der Waals surface area contributed by atoms with Gasteiger partial charge in [-0.15, -0.1) is 0 Å². The van der Waals surface area contributed by atoms with E-state index in [2.05, 4.69) is 5.32 Å². The quantitative estimate of drug-likeness (QED) is 0.889. The Hall–Kier alpha value is -2.56. The zero-order valence-electron chi connectivity index (χ0n) is 12.7. The minimum Gasteiger partial charge on any atom is -0.483 e. The van der Waals surface area contributed by atoms with Crippen molar-refractivity contribution in [3.63, 3.8) is 0 Å². The number of fused-ring (bicyclic) bond motifs is 1. The summed E-state index contributed by atoms with van der Waals surface area (Å²) in [5, 5.41) is 13.9. The normalized spacial score (nSPS) is 20.3. The van der Waals surface area contributed by atoms with Crippen molar-refractivity contribution < 1.29 is 19.4 Å². The third-order valence-corrected chi connectivity index (χ3v) is 4.29. The highest BCUT2D eigenvalue weighted by atomic mass is 16.5. The van der Waals surface area contributed by atoms with Gasteiger partial charge in [-0.3, -0.25) is 9.59 Å². The van der Waals surface area contributed by atoms with Gasteiger partial charge >= 0.3 is 5.97 Å². The topological polar surface area (TPSA) is 75.6 Å². The molecule has 2 N–H and O–H groups in total. The first-order valence-electron chi connectivity index (χ1n) is 7.78. The lowest BCUT2D eigenvalue weighted by molar-refractivity contribution is -0.142. The maximum Gasteiger partial charge on any atom is 0.308 e. The predicted molar refractivity (Wildman–Crippen MR) is 86.4 cm³/mol. The summed E-state index contributed by atoms with van der Waals surface area (Å²) < 4.78 is 5.63. The van der Waals surface area contributed by atoms with Gasteiger partial charge in [0.2, 0.25) is 0 Å². The Labute approximate surface area is 134 Å². The van der Waals surface area contributed by atoms with Crippen LogP contribution in [0.5, 0.6) is 5.75 Å². The van der Waals surface area contributed by atoms with Crippen LogP contribution in [0.15, 0.2) is 42.5 Å². The molecule has 0 saturated heterocycles. The van der Waals surface area contributed by atoms with Crippen LogP contribution in [0, 0.1) is 5.92 Å². The van der Waals surface area contributed by atoms with Crippen LogP contribution in [0.25, 0.3) is 10.8 Å². The Morgan fingerprint density at radius 1 is 1.13 bits per heavy atom. The first-order chi connectivity index (χ1) is 11.1. The number of carboxylic acid groups (broad SMARTS) is 1. The molecule has 23 heavy (non-hydrogen) atoms. The zero-order valence-corrected chi connectivity index (χ0v) is 12.7. The average Bonchev–Trinajstić information content (AvgIpc) is 3.01. The lowest BCUT2D eigenvalue weighted by Crippen LogP contribution is -2.42. The van der Waals surface area contributed by atoms with Crippen LogP contribution in [-0.2, 0) is 9.59 Å². The van der Waals surface area contributed by atoms with E-state index in [1.165, 1.54) is 0 Å². The summed E-state index contributed by atoms with van der Waals surface area (Å²) >= 11 is 0. The molecule has 0 spiro atoms. The van der Waals surface area contributed by atoms with Gasteiger partial charge in [0.15, 0.2) is 6.61 Å². The number of benzene rings is 2. The van der Waals surface area contributed by atoms with Crippen molar-refractivity contribution in [1.29, 1.82) is 0 Å². The lowest BCUT2D eigenvalue weighted by atomic mass is 10.0. The second kappa shape index (κ2) is 6.69. The van der Waals surface area contributed by atoms with Gasteiger partial charge in [0.25, 0.3) is 5.91 Å². The average molecular weight is 313 g/mol. The van der Waals surface area contributed by atoms with Gasteiger partial charge in [-0.1, -0.05) is 42.8 Å². The number of aliphatic carboxylic acids is 1. The van der Waals surface area contributed by atoms with Gasteiger partial charge in [0, 0.05) is 11.4 Å². The van der Waals surface area contributed by atoms with Crippen LogP contribution < -0.4 is 10.1 Å². The molecule has 0 unspecified atom stereocenters. The fourth-order valence-corrected chi connectivity index (χ4v) is 3.14. The molecule has 0 aromatic heterocycles.